The van der Waals surface area contributed by atoms with Crippen LogP contribution in [0.2, 0.25) is 0 Å². The third-order valence-corrected chi connectivity index (χ3v) is 4.98. The highest BCUT2D eigenvalue weighted by molar-refractivity contribution is 5.79. The molecule has 148 valence electrons. The second-order valence-corrected chi connectivity index (χ2v) is 8.38. The number of nitrogens with zero attached hydrogens (tertiary/aromatic N) is 2. The van der Waals surface area contributed by atoms with Crippen molar-refractivity contribution in [2.75, 3.05) is 13.1 Å². The number of piperidine rings is 1. The van der Waals surface area contributed by atoms with Crippen LogP contribution >= 0.6 is 0 Å². The lowest BCUT2D eigenvalue weighted by atomic mass is 10.1. The van der Waals surface area contributed by atoms with Crippen LogP contribution in [0.1, 0.15) is 39.2 Å². The van der Waals surface area contributed by atoms with Gasteiger partial charge in [-0.15, -0.1) is 0 Å². The van der Waals surface area contributed by atoms with Gasteiger partial charge in [0.1, 0.15) is 0 Å². The first-order valence-electron chi connectivity index (χ1n) is 9.65. The number of aliphatic hydroxyl groups is 1. The number of likely N-dealkylation sites (tertiary alicyclic amines) is 1. The van der Waals surface area contributed by atoms with E-state index in [1.807, 2.05) is 67.7 Å². The lowest BCUT2D eigenvalue weighted by Gasteiger charge is -2.38. The summed E-state index contributed by atoms with van der Waals surface area (Å²) in [5.74, 6) is 0. The zero-order valence-electron chi connectivity index (χ0n) is 16.7. The molecule has 0 aliphatic carbocycles. The van der Waals surface area contributed by atoms with Gasteiger partial charge in [0, 0.05) is 49.9 Å². The standard InChI is InChI=1S/C21H31N3O3/c1-21(2,3)27-20(26)24-11-7-8-16(14-24)22-12-15-13-23(4)18-10-6-5-9-17(18)19(15)25/h5-6,9-10,13,16,20,22,26H,7-8,11-12,14H2,1-4H3/t16-,20?/m0/s1. The molecule has 1 aromatic carbocycles. The number of pyridine rings is 1. The van der Waals surface area contributed by atoms with Crippen LogP contribution < -0.4 is 10.7 Å². The molecule has 2 N–H and O–H groups in total. The second kappa shape index (κ2) is 8.10. The maximum absolute atomic E-state index is 12.8. The third kappa shape index (κ3) is 4.96. The molecule has 0 saturated carbocycles. The predicted molar refractivity (Wildman–Crippen MR) is 107 cm³/mol. The van der Waals surface area contributed by atoms with Crippen LogP contribution in [-0.4, -0.2) is 45.7 Å². The van der Waals surface area contributed by atoms with Gasteiger partial charge < -0.3 is 19.7 Å². The van der Waals surface area contributed by atoms with E-state index in [1.165, 1.54) is 0 Å². The van der Waals surface area contributed by atoms with Crippen molar-refractivity contribution in [1.82, 2.24) is 14.8 Å². The SMILES string of the molecule is Cn1cc(CN[C@H]2CCCN(C(O)OC(C)(C)C)C2)c(=O)c2ccccc21. The van der Waals surface area contributed by atoms with Crippen molar-refractivity contribution in [1.29, 1.82) is 0 Å². The van der Waals surface area contributed by atoms with Gasteiger partial charge in [-0.3, -0.25) is 9.69 Å². The van der Waals surface area contributed by atoms with Crippen LogP contribution in [-0.2, 0) is 18.3 Å². The van der Waals surface area contributed by atoms with E-state index in [4.69, 9.17) is 4.74 Å². The first-order chi connectivity index (χ1) is 12.7. The smallest absolute Gasteiger partial charge is 0.216 e. The Morgan fingerprint density at radius 1 is 1.33 bits per heavy atom. The highest BCUT2D eigenvalue weighted by Gasteiger charge is 2.28. The van der Waals surface area contributed by atoms with E-state index in [1.54, 1.807) is 0 Å². The van der Waals surface area contributed by atoms with E-state index in [2.05, 4.69) is 5.32 Å². The molecule has 0 radical (unpaired) electrons. The first kappa shape index (κ1) is 20.0. The summed E-state index contributed by atoms with van der Waals surface area (Å²) in [4.78, 5) is 14.7. The zero-order chi connectivity index (χ0) is 19.6. The fourth-order valence-corrected chi connectivity index (χ4v) is 3.65. The summed E-state index contributed by atoms with van der Waals surface area (Å²) >= 11 is 0. The lowest BCUT2D eigenvalue weighted by molar-refractivity contribution is -0.243. The van der Waals surface area contributed by atoms with Gasteiger partial charge in [-0.2, -0.15) is 0 Å². The number of rotatable bonds is 5. The van der Waals surface area contributed by atoms with E-state index in [9.17, 15) is 9.90 Å². The largest absolute Gasteiger partial charge is 0.356 e. The summed E-state index contributed by atoms with van der Waals surface area (Å²) < 4.78 is 7.67. The number of ether oxygens (including phenoxy) is 1. The average Bonchev–Trinajstić information content (AvgIpc) is 2.62. The Morgan fingerprint density at radius 3 is 2.81 bits per heavy atom. The molecule has 2 heterocycles. The second-order valence-electron chi connectivity index (χ2n) is 8.38. The average molecular weight is 373 g/mol. The fourth-order valence-electron chi connectivity index (χ4n) is 3.65. The minimum Gasteiger partial charge on any atom is -0.356 e. The summed E-state index contributed by atoms with van der Waals surface area (Å²) in [5, 5.41) is 14.6. The molecular weight excluding hydrogens is 342 g/mol. The molecule has 3 rings (SSSR count). The molecule has 2 aromatic rings. The predicted octanol–water partition coefficient (Wildman–Crippen LogP) is 2.18. The number of aromatic nitrogens is 1. The molecule has 1 aliphatic heterocycles. The van der Waals surface area contributed by atoms with Crippen LogP contribution in [0.4, 0.5) is 0 Å². The maximum atomic E-state index is 12.8. The Hall–Kier alpha value is -1.73. The van der Waals surface area contributed by atoms with Crippen LogP contribution in [0.25, 0.3) is 10.9 Å². The molecule has 6 nitrogen and oxygen atoms in total. The van der Waals surface area contributed by atoms with Crippen molar-refractivity contribution >= 4 is 10.9 Å². The zero-order valence-corrected chi connectivity index (χ0v) is 16.7. The molecule has 0 amide bonds. The number of nitrogens with one attached hydrogen (secondary N) is 1. The van der Waals surface area contributed by atoms with E-state index >= 15 is 0 Å². The quantitative estimate of drug-likeness (QED) is 0.787. The molecule has 27 heavy (non-hydrogen) atoms. The van der Waals surface area contributed by atoms with Gasteiger partial charge in [-0.1, -0.05) is 12.1 Å². The van der Waals surface area contributed by atoms with Gasteiger partial charge in [0.2, 0.25) is 6.41 Å². The molecule has 6 heteroatoms. The third-order valence-electron chi connectivity index (χ3n) is 4.98. The van der Waals surface area contributed by atoms with E-state index < -0.39 is 12.0 Å². The van der Waals surface area contributed by atoms with Gasteiger partial charge in [-0.25, -0.2) is 0 Å². The summed E-state index contributed by atoms with van der Waals surface area (Å²) in [7, 11) is 1.97. The van der Waals surface area contributed by atoms with Gasteiger partial charge in [0.05, 0.1) is 11.1 Å². The highest BCUT2D eigenvalue weighted by atomic mass is 16.6. The van der Waals surface area contributed by atoms with E-state index in [0.717, 1.165) is 35.9 Å². The lowest BCUT2D eigenvalue weighted by Crippen LogP contribution is -2.51. The van der Waals surface area contributed by atoms with Gasteiger partial charge in [-0.05, 0) is 45.7 Å². The number of aliphatic hydroxyl groups excluding tert-OH is 1. The van der Waals surface area contributed by atoms with Crippen LogP contribution in [0.5, 0.6) is 0 Å². The summed E-state index contributed by atoms with van der Waals surface area (Å²) in [6.07, 6.45) is 3.02. The summed E-state index contributed by atoms with van der Waals surface area (Å²) in [5.41, 5.74) is 1.40. The van der Waals surface area contributed by atoms with Gasteiger partial charge >= 0.3 is 0 Å². The molecular formula is C21H31N3O3. The fraction of sp³-hybridized carbons (Fsp3) is 0.571. The molecule has 1 fully saturated rings. The van der Waals surface area contributed by atoms with Crippen LogP contribution in [0.15, 0.2) is 35.3 Å². The van der Waals surface area contributed by atoms with Gasteiger partial charge in [0.25, 0.3) is 0 Å². The van der Waals surface area contributed by atoms with Crippen LogP contribution in [0, 0.1) is 0 Å². The van der Waals surface area contributed by atoms with Crippen molar-refractivity contribution in [3.8, 4) is 0 Å². The minimum absolute atomic E-state index is 0.0833. The number of fused-ring (bicyclic) bond motifs is 1. The Kier molecular flexibility index (Phi) is 6.01. The Bertz CT molecular complexity index is 841. The number of benzene rings is 1. The molecule has 1 aromatic heterocycles. The monoisotopic (exact) mass is 373 g/mol. The molecule has 1 unspecified atom stereocenters. The summed E-state index contributed by atoms with van der Waals surface area (Å²) in [6, 6.07) is 7.90. The number of para-hydroxylation sites is 1. The highest BCUT2D eigenvalue weighted by Crippen LogP contribution is 2.18. The number of aryl methyl sites for hydroxylation is 1. The Balaban J connectivity index is 1.66. The number of hydrogen-bond donors (Lipinski definition) is 2. The molecule has 1 saturated heterocycles. The van der Waals surface area contributed by atoms with Crippen molar-refractivity contribution in [2.45, 2.75) is 58.2 Å². The Labute approximate surface area is 160 Å². The molecule has 0 bridgehead atoms. The number of hydrogen-bond acceptors (Lipinski definition) is 5. The van der Waals surface area contributed by atoms with E-state index in [0.29, 0.717) is 13.1 Å². The Morgan fingerprint density at radius 2 is 2.07 bits per heavy atom. The van der Waals surface area contributed by atoms with Crippen molar-refractivity contribution in [3.63, 3.8) is 0 Å². The van der Waals surface area contributed by atoms with Crippen molar-refractivity contribution < 1.29 is 9.84 Å². The van der Waals surface area contributed by atoms with Gasteiger partial charge in [0.15, 0.2) is 5.43 Å². The minimum atomic E-state index is -0.900. The molecule has 0 spiro atoms. The summed E-state index contributed by atoms with van der Waals surface area (Å²) in [6.45, 7) is 7.84. The van der Waals surface area contributed by atoms with Crippen molar-refractivity contribution in [3.05, 3.63) is 46.2 Å². The van der Waals surface area contributed by atoms with Crippen LogP contribution in [0.3, 0.4) is 0 Å². The topological polar surface area (TPSA) is 66.7 Å². The maximum Gasteiger partial charge on any atom is 0.216 e. The molecule has 2 atom stereocenters. The normalized spacial score (nSPS) is 20.1. The van der Waals surface area contributed by atoms with E-state index in [-0.39, 0.29) is 11.5 Å². The first-order valence-corrected chi connectivity index (χ1v) is 9.65. The molecule has 1 aliphatic rings. The van der Waals surface area contributed by atoms with Crippen molar-refractivity contribution in [2.24, 2.45) is 7.05 Å².